The Morgan fingerprint density at radius 3 is 2.94 bits per heavy atom. The molecule has 0 radical (unpaired) electrons. The minimum atomic E-state index is -0.0987. The molecule has 2 aromatic rings. The van der Waals surface area contributed by atoms with Crippen molar-refractivity contribution in [1.29, 1.82) is 0 Å². The number of para-hydroxylation sites is 1. The monoisotopic (exact) mass is 232 g/mol. The van der Waals surface area contributed by atoms with E-state index in [4.69, 9.17) is 0 Å². The Hall–Kier alpha value is -1.55. The van der Waals surface area contributed by atoms with Gasteiger partial charge in [-0.2, -0.15) is 12.6 Å². The number of nitrogens with zero attached hydrogens (tertiary/aromatic N) is 1. The van der Waals surface area contributed by atoms with E-state index in [0.717, 1.165) is 10.9 Å². The Morgan fingerprint density at radius 2 is 2.12 bits per heavy atom. The minimum absolute atomic E-state index is 0.0987. The molecule has 1 amide bonds. The van der Waals surface area contributed by atoms with Crippen LogP contribution in [0.15, 0.2) is 36.5 Å². The molecular formula is C12H12N2OS. The number of hydrogen-bond acceptors (Lipinski definition) is 3. The number of fused-ring (bicyclic) bond motifs is 1. The average molecular weight is 232 g/mol. The van der Waals surface area contributed by atoms with Crippen molar-refractivity contribution in [2.45, 2.75) is 0 Å². The van der Waals surface area contributed by atoms with Crippen LogP contribution in [0.3, 0.4) is 0 Å². The van der Waals surface area contributed by atoms with Crippen molar-refractivity contribution in [2.75, 3.05) is 12.3 Å². The van der Waals surface area contributed by atoms with Gasteiger partial charge in [-0.25, -0.2) is 0 Å². The van der Waals surface area contributed by atoms with Crippen LogP contribution in [0.2, 0.25) is 0 Å². The number of hydrogen-bond donors (Lipinski definition) is 2. The van der Waals surface area contributed by atoms with Crippen LogP contribution < -0.4 is 5.32 Å². The first kappa shape index (κ1) is 11.0. The van der Waals surface area contributed by atoms with Crippen molar-refractivity contribution in [3.63, 3.8) is 0 Å². The van der Waals surface area contributed by atoms with Crippen molar-refractivity contribution in [3.05, 3.63) is 42.1 Å². The normalized spacial score (nSPS) is 10.3. The quantitative estimate of drug-likeness (QED) is 0.794. The lowest BCUT2D eigenvalue weighted by atomic mass is 10.1. The third-order valence-electron chi connectivity index (χ3n) is 2.27. The van der Waals surface area contributed by atoms with E-state index < -0.39 is 0 Å². The summed E-state index contributed by atoms with van der Waals surface area (Å²) in [5, 5.41) is 3.76. The summed E-state index contributed by atoms with van der Waals surface area (Å²) in [7, 11) is 0. The second-order valence-corrected chi connectivity index (χ2v) is 3.81. The fourth-order valence-electron chi connectivity index (χ4n) is 1.55. The van der Waals surface area contributed by atoms with Crippen molar-refractivity contribution >= 4 is 29.4 Å². The van der Waals surface area contributed by atoms with Gasteiger partial charge in [0.15, 0.2) is 0 Å². The number of amides is 1. The molecule has 4 heteroatoms. The molecule has 0 aliphatic carbocycles. The van der Waals surface area contributed by atoms with E-state index in [-0.39, 0.29) is 5.91 Å². The molecule has 1 aromatic heterocycles. The van der Waals surface area contributed by atoms with Crippen LogP contribution in [-0.2, 0) is 0 Å². The fourth-order valence-corrected chi connectivity index (χ4v) is 1.66. The molecule has 1 N–H and O–H groups in total. The van der Waals surface area contributed by atoms with Gasteiger partial charge in [0.1, 0.15) is 0 Å². The Labute approximate surface area is 99.3 Å². The van der Waals surface area contributed by atoms with Crippen LogP contribution in [0.5, 0.6) is 0 Å². The summed E-state index contributed by atoms with van der Waals surface area (Å²) >= 11 is 4.05. The predicted octanol–water partition coefficient (Wildman–Crippen LogP) is 1.89. The molecule has 0 unspecified atom stereocenters. The van der Waals surface area contributed by atoms with E-state index in [0.29, 0.717) is 17.9 Å². The van der Waals surface area contributed by atoms with Crippen molar-refractivity contribution in [2.24, 2.45) is 0 Å². The molecule has 16 heavy (non-hydrogen) atoms. The highest BCUT2D eigenvalue weighted by Gasteiger charge is 2.09. The van der Waals surface area contributed by atoms with E-state index >= 15 is 0 Å². The Bertz CT molecular complexity index is 508. The summed E-state index contributed by atoms with van der Waals surface area (Å²) in [6, 6.07) is 9.38. The molecule has 0 spiro atoms. The first-order valence-electron chi connectivity index (χ1n) is 5.06. The molecule has 2 rings (SSSR count). The van der Waals surface area contributed by atoms with E-state index in [1.165, 1.54) is 0 Å². The van der Waals surface area contributed by atoms with Gasteiger partial charge in [0.2, 0.25) is 0 Å². The van der Waals surface area contributed by atoms with E-state index in [1.54, 1.807) is 12.3 Å². The van der Waals surface area contributed by atoms with Crippen LogP contribution >= 0.6 is 12.6 Å². The summed E-state index contributed by atoms with van der Waals surface area (Å²) < 4.78 is 0. The lowest BCUT2D eigenvalue weighted by molar-refractivity contribution is 0.0957. The fraction of sp³-hybridized carbons (Fsp3) is 0.167. The maximum absolute atomic E-state index is 11.8. The summed E-state index contributed by atoms with van der Waals surface area (Å²) in [4.78, 5) is 16.1. The second-order valence-electron chi connectivity index (χ2n) is 3.36. The average Bonchev–Trinajstić information content (AvgIpc) is 2.35. The van der Waals surface area contributed by atoms with Crippen molar-refractivity contribution in [3.8, 4) is 0 Å². The lowest BCUT2D eigenvalue weighted by Gasteiger charge is -2.05. The molecule has 1 heterocycles. The molecule has 0 aliphatic rings. The Balaban J connectivity index is 2.40. The van der Waals surface area contributed by atoms with Gasteiger partial charge in [-0.05, 0) is 12.1 Å². The van der Waals surface area contributed by atoms with Crippen molar-refractivity contribution < 1.29 is 4.79 Å². The van der Waals surface area contributed by atoms with Crippen LogP contribution in [0.25, 0.3) is 10.9 Å². The van der Waals surface area contributed by atoms with Gasteiger partial charge in [0.05, 0.1) is 11.1 Å². The van der Waals surface area contributed by atoms with Gasteiger partial charge in [-0.15, -0.1) is 0 Å². The summed E-state index contributed by atoms with van der Waals surface area (Å²) in [6.07, 6.45) is 1.69. The lowest BCUT2D eigenvalue weighted by Crippen LogP contribution is -2.25. The summed E-state index contributed by atoms with van der Waals surface area (Å²) in [6.45, 7) is 0.561. The molecule has 0 saturated heterocycles. The van der Waals surface area contributed by atoms with Gasteiger partial charge in [0.25, 0.3) is 5.91 Å². The smallest absolute Gasteiger partial charge is 0.253 e. The van der Waals surface area contributed by atoms with Gasteiger partial charge >= 0.3 is 0 Å². The zero-order valence-corrected chi connectivity index (χ0v) is 9.58. The number of rotatable bonds is 3. The Morgan fingerprint density at radius 1 is 1.31 bits per heavy atom. The second kappa shape index (κ2) is 4.99. The third-order valence-corrected chi connectivity index (χ3v) is 2.50. The van der Waals surface area contributed by atoms with Crippen molar-refractivity contribution in [1.82, 2.24) is 10.3 Å². The van der Waals surface area contributed by atoms with Crippen LogP contribution in [0, 0.1) is 0 Å². The highest BCUT2D eigenvalue weighted by molar-refractivity contribution is 7.80. The zero-order chi connectivity index (χ0) is 11.4. The zero-order valence-electron chi connectivity index (χ0n) is 8.68. The van der Waals surface area contributed by atoms with Crippen LogP contribution in [-0.4, -0.2) is 23.2 Å². The van der Waals surface area contributed by atoms with E-state index in [2.05, 4.69) is 22.9 Å². The van der Waals surface area contributed by atoms with Gasteiger partial charge < -0.3 is 5.32 Å². The molecule has 0 bridgehead atoms. The highest BCUT2D eigenvalue weighted by Crippen LogP contribution is 2.15. The standard InChI is InChI=1S/C12H12N2OS/c15-12(14-7-8-16)10-5-1-3-9-4-2-6-13-11(9)10/h1-6,16H,7-8H2,(H,14,15). The van der Waals surface area contributed by atoms with Crippen LogP contribution in [0.1, 0.15) is 10.4 Å². The predicted molar refractivity (Wildman–Crippen MR) is 67.9 cm³/mol. The topological polar surface area (TPSA) is 42.0 Å². The maximum atomic E-state index is 11.8. The number of carbonyl (C=O) groups is 1. The number of thiol groups is 1. The third kappa shape index (κ3) is 2.17. The molecule has 3 nitrogen and oxygen atoms in total. The SMILES string of the molecule is O=C(NCCS)c1cccc2cccnc12. The van der Waals surface area contributed by atoms with Gasteiger partial charge in [-0.3, -0.25) is 9.78 Å². The number of benzene rings is 1. The van der Waals surface area contributed by atoms with Gasteiger partial charge in [-0.1, -0.05) is 18.2 Å². The molecule has 0 saturated carbocycles. The number of carbonyl (C=O) groups excluding carboxylic acids is 1. The maximum Gasteiger partial charge on any atom is 0.253 e. The summed E-state index contributed by atoms with van der Waals surface area (Å²) in [5.41, 5.74) is 1.35. The van der Waals surface area contributed by atoms with E-state index in [1.807, 2.05) is 24.3 Å². The largest absolute Gasteiger partial charge is 0.351 e. The molecule has 0 fully saturated rings. The number of pyridine rings is 1. The molecule has 0 aliphatic heterocycles. The van der Waals surface area contributed by atoms with Crippen LogP contribution in [0.4, 0.5) is 0 Å². The Kier molecular flexibility index (Phi) is 3.41. The minimum Gasteiger partial charge on any atom is -0.351 e. The van der Waals surface area contributed by atoms with E-state index in [9.17, 15) is 4.79 Å². The molecule has 0 atom stereocenters. The number of aromatic nitrogens is 1. The van der Waals surface area contributed by atoms with Gasteiger partial charge in [0, 0.05) is 23.9 Å². The molecule has 82 valence electrons. The molecule has 1 aromatic carbocycles. The highest BCUT2D eigenvalue weighted by atomic mass is 32.1. The number of nitrogens with one attached hydrogen (secondary N) is 1. The molecular weight excluding hydrogens is 220 g/mol. The first-order valence-corrected chi connectivity index (χ1v) is 5.69. The first-order chi connectivity index (χ1) is 7.83. The summed E-state index contributed by atoms with van der Waals surface area (Å²) in [5.74, 6) is 0.530.